The van der Waals surface area contributed by atoms with Gasteiger partial charge < -0.3 is 4.90 Å². The SMILES string of the molecule is CN(C)c1ncccc1C(=O)C#Cc1cccc(Cl)c1. The van der Waals surface area contributed by atoms with Gasteiger partial charge in [0.25, 0.3) is 0 Å². The number of pyridine rings is 1. The normalized spacial score (nSPS) is 9.55. The maximum absolute atomic E-state index is 12.2. The molecule has 0 aliphatic rings. The van der Waals surface area contributed by atoms with Gasteiger partial charge in [-0.05, 0) is 36.3 Å². The molecule has 3 nitrogen and oxygen atoms in total. The highest BCUT2D eigenvalue weighted by atomic mass is 35.5. The van der Waals surface area contributed by atoms with Gasteiger partial charge >= 0.3 is 0 Å². The van der Waals surface area contributed by atoms with Crippen LogP contribution in [-0.4, -0.2) is 24.9 Å². The van der Waals surface area contributed by atoms with Crippen molar-refractivity contribution in [1.29, 1.82) is 0 Å². The minimum absolute atomic E-state index is 0.262. The Balaban J connectivity index is 2.30. The molecule has 4 heteroatoms. The standard InChI is InChI=1S/C16H13ClN2O/c1-19(2)16-14(7-4-10-18-16)15(20)9-8-12-5-3-6-13(17)11-12/h3-7,10-11H,1-2H3. The maximum Gasteiger partial charge on any atom is 0.239 e. The van der Waals surface area contributed by atoms with Crippen LogP contribution >= 0.6 is 11.6 Å². The van der Waals surface area contributed by atoms with Crippen molar-refractivity contribution in [2.75, 3.05) is 19.0 Å². The molecule has 1 heterocycles. The summed E-state index contributed by atoms with van der Waals surface area (Å²) in [6.07, 6.45) is 1.65. The topological polar surface area (TPSA) is 33.2 Å². The number of ketones is 1. The number of carbonyl (C=O) groups excluding carboxylic acids is 1. The number of hydrogen-bond donors (Lipinski definition) is 0. The molecule has 0 fully saturated rings. The summed E-state index contributed by atoms with van der Waals surface area (Å²) in [7, 11) is 3.67. The van der Waals surface area contributed by atoms with E-state index in [0.29, 0.717) is 22.0 Å². The number of hydrogen-bond acceptors (Lipinski definition) is 3. The second kappa shape index (κ2) is 6.23. The number of carbonyl (C=O) groups is 1. The first-order valence-electron chi connectivity index (χ1n) is 6.02. The van der Waals surface area contributed by atoms with Gasteiger partial charge in [-0.3, -0.25) is 4.79 Å². The van der Waals surface area contributed by atoms with E-state index in [4.69, 9.17) is 11.6 Å². The summed E-state index contributed by atoms with van der Waals surface area (Å²) < 4.78 is 0. The van der Waals surface area contributed by atoms with E-state index in [1.165, 1.54) is 0 Å². The lowest BCUT2D eigenvalue weighted by Crippen LogP contribution is -2.15. The third kappa shape index (κ3) is 3.37. The molecule has 0 saturated carbocycles. The number of aromatic nitrogens is 1. The third-order valence-electron chi connectivity index (χ3n) is 2.60. The highest BCUT2D eigenvalue weighted by Crippen LogP contribution is 2.15. The van der Waals surface area contributed by atoms with Crippen molar-refractivity contribution in [3.8, 4) is 11.8 Å². The second-order valence-electron chi connectivity index (χ2n) is 4.36. The largest absolute Gasteiger partial charge is 0.362 e. The van der Waals surface area contributed by atoms with Crippen LogP contribution in [0.25, 0.3) is 0 Å². The van der Waals surface area contributed by atoms with Gasteiger partial charge in [-0.1, -0.05) is 23.6 Å². The minimum Gasteiger partial charge on any atom is -0.362 e. The maximum atomic E-state index is 12.2. The van der Waals surface area contributed by atoms with Gasteiger partial charge in [0.15, 0.2) is 0 Å². The van der Waals surface area contributed by atoms with Crippen LogP contribution < -0.4 is 4.90 Å². The summed E-state index contributed by atoms with van der Waals surface area (Å²) in [6.45, 7) is 0. The van der Waals surface area contributed by atoms with Crippen molar-refractivity contribution in [2.24, 2.45) is 0 Å². The molecule has 100 valence electrons. The Morgan fingerprint density at radius 2 is 2.05 bits per heavy atom. The third-order valence-corrected chi connectivity index (χ3v) is 2.83. The summed E-state index contributed by atoms with van der Waals surface area (Å²) >= 11 is 5.87. The van der Waals surface area contributed by atoms with Gasteiger partial charge in [0.2, 0.25) is 5.78 Å². The predicted molar refractivity (Wildman–Crippen MR) is 81.2 cm³/mol. The van der Waals surface area contributed by atoms with E-state index in [0.717, 1.165) is 0 Å². The molecule has 0 atom stereocenters. The molecule has 2 rings (SSSR count). The molecule has 1 aromatic heterocycles. The van der Waals surface area contributed by atoms with Crippen molar-refractivity contribution >= 4 is 23.2 Å². The molecule has 0 amide bonds. The number of rotatable bonds is 2. The molecule has 0 N–H and O–H groups in total. The van der Waals surface area contributed by atoms with E-state index in [-0.39, 0.29) is 5.78 Å². The Hall–Kier alpha value is -2.31. The molecule has 1 aromatic carbocycles. The minimum atomic E-state index is -0.262. The molecule has 0 radical (unpaired) electrons. The van der Waals surface area contributed by atoms with Crippen LogP contribution in [0.1, 0.15) is 15.9 Å². The Morgan fingerprint density at radius 1 is 1.25 bits per heavy atom. The molecule has 0 spiro atoms. The molecule has 0 aliphatic carbocycles. The lowest BCUT2D eigenvalue weighted by Gasteiger charge is -2.13. The fraction of sp³-hybridized carbons (Fsp3) is 0.125. The Kier molecular flexibility index (Phi) is 4.39. The molecule has 20 heavy (non-hydrogen) atoms. The quantitative estimate of drug-likeness (QED) is 0.628. The highest BCUT2D eigenvalue weighted by molar-refractivity contribution is 6.30. The van der Waals surface area contributed by atoms with Crippen LogP contribution in [0.3, 0.4) is 0 Å². The zero-order chi connectivity index (χ0) is 14.5. The highest BCUT2D eigenvalue weighted by Gasteiger charge is 2.11. The van der Waals surface area contributed by atoms with E-state index < -0.39 is 0 Å². The first-order chi connectivity index (χ1) is 9.58. The number of anilines is 1. The average Bonchev–Trinajstić information content (AvgIpc) is 2.45. The molecular formula is C16H13ClN2O. The number of Topliss-reactive ketones (excluding diaryl/α,β-unsaturated/α-hetero) is 1. The van der Waals surface area contributed by atoms with Crippen LogP contribution in [0.5, 0.6) is 0 Å². The van der Waals surface area contributed by atoms with Crippen molar-refractivity contribution in [1.82, 2.24) is 4.98 Å². The molecule has 0 saturated heterocycles. The van der Waals surface area contributed by atoms with Gasteiger partial charge in [-0.2, -0.15) is 0 Å². The van der Waals surface area contributed by atoms with Crippen molar-refractivity contribution < 1.29 is 4.79 Å². The monoisotopic (exact) mass is 284 g/mol. The summed E-state index contributed by atoms with van der Waals surface area (Å²) in [5.41, 5.74) is 1.20. The van der Waals surface area contributed by atoms with Crippen LogP contribution in [0.15, 0.2) is 42.6 Å². The van der Waals surface area contributed by atoms with E-state index in [2.05, 4.69) is 16.8 Å². The molecule has 0 unspecified atom stereocenters. The van der Waals surface area contributed by atoms with Crippen LogP contribution in [0.2, 0.25) is 5.02 Å². The first-order valence-corrected chi connectivity index (χ1v) is 6.40. The number of nitrogens with zero attached hydrogens (tertiary/aromatic N) is 2. The van der Waals surface area contributed by atoms with E-state index >= 15 is 0 Å². The van der Waals surface area contributed by atoms with E-state index in [9.17, 15) is 4.79 Å². The van der Waals surface area contributed by atoms with Gasteiger partial charge in [0.05, 0.1) is 5.56 Å². The second-order valence-corrected chi connectivity index (χ2v) is 4.79. The molecule has 2 aromatic rings. The number of halogens is 1. The summed E-state index contributed by atoms with van der Waals surface area (Å²) in [5, 5.41) is 0.597. The smallest absolute Gasteiger partial charge is 0.239 e. The summed E-state index contributed by atoms with van der Waals surface area (Å²) in [5.74, 6) is 5.79. The first kappa shape index (κ1) is 14.1. The molecular weight excluding hydrogens is 272 g/mol. The van der Waals surface area contributed by atoms with Crippen molar-refractivity contribution in [2.45, 2.75) is 0 Å². The Labute approximate surface area is 123 Å². The zero-order valence-electron chi connectivity index (χ0n) is 11.2. The number of benzene rings is 1. The Morgan fingerprint density at radius 3 is 2.75 bits per heavy atom. The van der Waals surface area contributed by atoms with Crippen LogP contribution in [-0.2, 0) is 0 Å². The van der Waals surface area contributed by atoms with Crippen LogP contribution in [0, 0.1) is 11.8 Å². The lowest BCUT2D eigenvalue weighted by atomic mass is 10.1. The fourth-order valence-corrected chi connectivity index (χ4v) is 1.88. The molecule has 0 bridgehead atoms. The van der Waals surface area contributed by atoms with Gasteiger partial charge in [-0.15, -0.1) is 0 Å². The average molecular weight is 285 g/mol. The van der Waals surface area contributed by atoms with Gasteiger partial charge in [0.1, 0.15) is 5.82 Å². The van der Waals surface area contributed by atoms with E-state index in [1.807, 2.05) is 20.2 Å². The van der Waals surface area contributed by atoms with Crippen molar-refractivity contribution in [3.05, 3.63) is 58.7 Å². The zero-order valence-corrected chi connectivity index (χ0v) is 12.0. The Bertz CT molecular complexity index is 699. The van der Waals surface area contributed by atoms with Gasteiger partial charge in [-0.25, -0.2) is 4.98 Å². The predicted octanol–water partition coefficient (Wildman–Crippen LogP) is 3.04. The van der Waals surface area contributed by atoms with Crippen molar-refractivity contribution in [3.63, 3.8) is 0 Å². The summed E-state index contributed by atoms with van der Waals surface area (Å²) in [4.78, 5) is 18.1. The molecule has 0 aliphatic heterocycles. The van der Waals surface area contributed by atoms with Gasteiger partial charge in [0, 0.05) is 30.9 Å². The lowest BCUT2D eigenvalue weighted by molar-refractivity contribution is 0.105. The van der Waals surface area contributed by atoms with Crippen LogP contribution in [0.4, 0.5) is 5.82 Å². The van der Waals surface area contributed by atoms with E-state index in [1.54, 1.807) is 41.4 Å². The fourth-order valence-electron chi connectivity index (χ4n) is 1.69. The summed E-state index contributed by atoms with van der Waals surface area (Å²) in [6, 6.07) is 10.5.